The normalized spacial score (nSPS) is 10.8. The third-order valence-electron chi connectivity index (χ3n) is 1.49. The van der Waals surface area contributed by atoms with Crippen LogP contribution in [0.3, 0.4) is 0 Å². The SMILES string of the molecule is Nc1cc(Cl)c(CO)c(C(F)F)n1. The van der Waals surface area contributed by atoms with Crippen LogP contribution >= 0.6 is 11.6 Å². The van der Waals surface area contributed by atoms with Gasteiger partial charge in [-0.15, -0.1) is 0 Å². The van der Waals surface area contributed by atoms with Crippen LogP contribution in [-0.4, -0.2) is 10.1 Å². The lowest BCUT2D eigenvalue weighted by atomic mass is 10.2. The van der Waals surface area contributed by atoms with E-state index in [-0.39, 0.29) is 16.4 Å². The zero-order valence-corrected chi connectivity index (χ0v) is 7.22. The Labute approximate surface area is 78.1 Å². The van der Waals surface area contributed by atoms with Crippen molar-refractivity contribution in [1.29, 1.82) is 0 Å². The summed E-state index contributed by atoms with van der Waals surface area (Å²) in [5.41, 5.74) is 4.57. The van der Waals surface area contributed by atoms with E-state index in [4.69, 9.17) is 22.4 Å². The topological polar surface area (TPSA) is 59.1 Å². The molecule has 72 valence electrons. The van der Waals surface area contributed by atoms with Crippen LogP contribution in [0.25, 0.3) is 0 Å². The fourth-order valence-electron chi connectivity index (χ4n) is 0.915. The van der Waals surface area contributed by atoms with Crippen molar-refractivity contribution in [2.24, 2.45) is 0 Å². The summed E-state index contributed by atoms with van der Waals surface area (Å²) in [6.07, 6.45) is -2.79. The molecule has 0 aromatic carbocycles. The summed E-state index contributed by atoms with van der Waals surface area (Å²) in [5, 5.41) is 8.75. The predicted molar refractivity (Wildman–Crippen MR) is 44.5 cm³/mol. The average Bonchev–Trinajstić information content (AvgIpc) is 2.02. The minimum absolute atomic E-state index is 0.00491. The summed E-state index contributed by atoms with van der Waals surface area (Å²) in [6.45, 7) is -0.578. The molecular formula is C7H7ClF2N2O. The number of hydrogen-bond acceptors (Lipinski definition) is 3. The summed E-state index contributed by atoms with van der Waals surface area (Å²) < 4.78 is 24.6. The maximum absolute atomic E-state index is 12.3. The first kappa shape index (κ1) is 10.1. The van der Waals surface area contributed by atoms with Crippen LogP contribution < -0.4 is 5.73 Å². The molecule has 0 aliphatic carbocycles. The number of aliphatic hydroxyl groups is 1. The van der Waals surface area contributed by atoms with E-state index >= 15 is 0 Å². The lowest BCUT2D eigenvalue weighted by Gasteiger charge is -2.08. The zero-order valence-electron chi connectivity index (χ0n) is 6.47. The van der Waals surface area contributed by atoms with Gasteiger partial charge in [0.2, 0.25) is 0 Å². The van der Waals surface area contributed by atoms with Crippen molar-refractivity contribution in [2.75, 3.05) is 5.73 Å². The highest BCUT2D eigenvalue weighted by Gasteiger charge is 2.17. The van der Waals surface area contributed by atoms with Crippen molar-refractivity contribution < 1.29 is 13.9 Å². The van der Waals surface area contributed by atoms with Crippen molar-refractivity contribution in [1.82, 2.24) is 4.98 Å². The molecule has 0 saturated heterocycles. The number of nitrogen functional groups attached to an aromatic ring is 1. The molecule has 1 heterocycles. The molecule has 0 aliphatic heterocycles. The van der Waals surface area contributed by atoms with Crippen LogP contribution in [0.15, 0.2) is 6.07 Å². The van der Waals surface area contributed by atoms with Gasteiger partial charge in [0.25, 0.3) is 6.43 Å². The summed E-state index contributed by atoms with van der Waals surface area (Å²) in [4.78, 5) is 3.39. The first-order chi connectivity index (χ1) is 6.06. The lowest BCUT2D eigenvalue weighted by Crippen LogP contribution is -2.03. The summed E-state index contributed by atoms with van der Waals surface area (Å²) in [6, 6.07) is 1.22. The molecule has 6 heteroatoms. The highest BCUT2D eigenvalue weighted by Crippen LogP contribution is 2.28. The Morgan fingerprint density at radius 3 is 2.69 bits per heavy atom. The number of pyridine rings is 1. The van der Waals surface area contributed by atoms with Crippen LogP contribution in [0.4, 0.5) is 14.6 Å². The summed E-state index contributed by atoms with van der Waals surface area (Å²) >= 11 is 5.57. The number of rotatable bonds is 2. The number of nitrogens with two attached hydrogens (primary N) is 1. The van der Waals surface area contributed by atoms with E-state index in [1.54, 1.807) is 0 Å². The fraction of sp³-hybridized carbons (Fsp3) is 0.286. The number of aliphatic hydroxyl groups excluding tert-OH is 1. The van der Waals surface area contributed by atoms with Crippen molar-refractivity contribution in [2.45, 2.75) is 13.0 Å². The van der Waals surface area contributed by atoms with Gasteiger partial charge in [-0.3, -0.25) is 0 Å². The third kappa shape index (κ3) is 2.05. The van der Waals surface area contributed by atoms with Crippen molar-refractivity contribution >= 4 is 17.4 Å². The van der Waals surface area contributed by atoms with Crippen molar-refractivity contribution in [3.8, 4) is 0 Å². The fourth-order valence-corrected chi connectivity index (χ4v) is 1.18. The molecule has 0 spiro atoms. The molecule has 0 bridgehead atoms. The summed E-state index contributed by atoms with van der Waals surface area (Å²) in [5.74, 6) is -0.0856. The molecule has 0 fully saturated rings. The van der Waals surface area contributed by atoms with Gasteiger partial charge >= 0.3 is 0 Å². The number of hydrogen-bond donors (Lipinski definition) is 2. The van der Waals surface area contributed by atoms with Crippen LogP contribution in [0.2, 0.25) is 5.02 Å². The van der Waals surface area contributed by atoms with Crippen LogP contribution in [0.1, 0.15) is 17.7 Å². The second kappa shape index (κ2) is 3.85. The van der Waals surface area contributed by atoms with E-state index in [1.165, 1.54) is 6.07 Å². The Kier molecular flexibility index (Phi) is 3.00. The second-order valence-corrected chi connectivity index (χ2v) is 2.76. The standard InChI is InChI=1S/C7H7ClF2N2O/c8-4-1-5(11)12-6(7(9)10)3(4)2-13/h1,7,13H,2H2,(H2,11,12). The number of aromatic nitrogens is 1. The van der Waals surface area contributed by atoms with Crippen LogP contribution in [0.5, 0.6) is 0 Å². The van der Waals surface area contributed by atoms with Gasteiger partial charge in [0.1, 0.15) is 11.5 Å². The van der Waals surface area contributed by atoms with Gasteiger partial charge in [0.15, 0.2) is 0 Å². The number of anilines is 1. The smallest absolute Gasteiger partial charge is 0.280 e. The largest absolute Gasteiger partial charge is 0.392 e. The van der Waals surface area contributed by atoms with Crippen LogP contribution in [-0.2, 0) is 6.61 Å². The van der Waals surface area contributed by atoms with Gasteiger partial charge in [0.05, 0.1) is 11.6 Å². The van der Waals surface area contributed by atoms with E-state index in [9.17, 15) is 8.78 Å². The molecule has 0 saturated carbocycles. The highest BCUT2D eigenvalue weighted by molar-refractivity contribution is 6.31. The van der Waals surface area contributed by atoms with E-state index in [1.807, 2.05) is 0 Å². The highest BCUT2D eigenvalue weighted by atomic mass is 35.5. The van der Waals surface area contributed by atoms with Gasteiger partial charge in [-0.25, -0.2) is 13.8 Å². The van der Waals surface area contributed by atoms with E-state index < -0.39 is 18.7 Å². The average molecular weight is 209 g/mol. The minimum atomic E-state index is -2.79. The van der Waals surface area contributed by atoms with E-state index in [0.29, 0.717) is 0 Å². The Hall–Kier alpha value is -0.940. The van der Waals surface area contributed by atoms with Crippen molar-refractivity contribution in [3.05, 3.63) is 22.3 Å². The molecule has 0 amide bonds. The Balaban J connectivity index is 3.29. The van der Waals surface area contributed by atoms with Gasteiger partial charge in [-0.2, -0.15) is 0 Å². The second-order valence-electron chi connectivity index (χ2n) is 2.35. The molecule has 0 aliphatic rings. The quantitative estimate of drug-likeness (QED) is 0.779. The zero-order chi connectivity index (χ0) is 10.0. The molecule has 1 rings (SSSR count). The first-order valence-corrected chi connectivity index (χ1v) is 3.78. The van der Waals surface area contributed by atoms with Gasteiger partial charge in [-0.1, -0.05) is 11.6 Å². The molecular weight excluding hydrogens is 202 g/mol. The van der Waals surface area contributed by atoms with Gasteiger partial charge in [-0.05, 0) is 6.07 Å². The van der Waals surface area contributed by atoms with E-state index in [2.05, 4.69) is 4.98 Å². The van der Waals surface area contributed by atoms with Gasteiger partial charge in [0, 0.05) is 5.56 Å². The molecule has 3 N–H and O–H groups in total. The molecule has 0 radical (unpaired) electrons. The molecule has 3 nitrogen and oxygen atoms in total. The third-order valence-corrected chi connectivity index (χ3v) is 1.82. The van der Waals surface area contributed by atoms with Crippen molar-refractivity contribution in [3.63, 3.8) is 0 Å². The maximum Gasteiger partial charge on any atom is 0.280 e. The molecule has 1 aromatic heterocycles. The first-order valence-electron chi connectivity index (χ1n) is 3.40. The monoisotopic (exact) mass is 208 g/mol. The number of alkyl halides is 2. The van der Waals surface area contributed by atoms with E-state index in [0.717, 1.165) is 0 Å². The maximum atomic E-state index is 12.3. The molecule has 0 atom stereocenters. The number of nitrogens with zero attached hydrogens (tertiary/aromatic N) is 1. The lowest BCUT2D eigenvalue weighted by molar-refractivity contribution is 0.142. The summed E-state index contributed by atoms with van der Waals surface area (Å²) in [7, 11) is 0. The molecule has 0 unspecified atom stereocenters. The Morgan fingerprint density at radius 1 is 1.62 bits per heavy atom. The van der Waals surface area contributed by atoms with Gasteiger partial charge < -0.3 is 10.8 Å². The molecule has 13 heavy (non-hydrogen) atoms. The number of halogens is 3. The Morgan fingerprint density at radius 2 is 2.23 bits per heavy atom. The minimum Gasteiger partial charge on any atom is -0.392 e. The predicted octanol–water partition coefficient (Wildman–Crippen LogP) is 1.75. The molecule has 1 aromatic rings. The van der Waals surface area contributed by atoms with Crippen LogP contribution in [0, 0.1) is 0 Å². The Bertz CT molecular complexity index is 320.